The minimum absolute atomic E-state index is 0.608. The minimum Gasteiger partial charge on any atom is -0.380 e. The fourth-order valence-corrected chi connectivity index (χ4v) is 2.15. The number of hydrogen-bond acceptors (Lipinski definition) is 2. The van der Waals surface area contributed by atoms with E-state index in [-0.39, 0.29) is 0 Å². The highest BCUT2D eigenvalue weighted by Gasteiger charge is 2.13. The molecule has 1 N–H and O–H groups in total. The lowest BCUT2D eigenvalue weighted by Gasteiger charge is -2.10. The first-order valence-electron chi connectivity index (χ1n) is 6.30. The monoisotopic (exact) mass is 219 g/mol. The number of benzene rings is 1. The van der Waals surface area contributed by atoms with E-state index in [2.05, 4.69) is 35.6 Å². The summed E-state index contributed by atoms with van der Waals surface area (Å²) in [7, 11) is 0. The van der Waals surface area contributed by atoms with E-state index in [1.165, 1.54) is 18.4 Å². The largest absolute Gasteiger partial charge is 0.380 e. The predicted octanol–water partition coefficient (Wildman–Crippen LogP) is 2.39. The van der Waals surface area contributed by atoms with Crippen LogP contribution in [-0.2, 0) is 11.2 Å². The zero-order valence-electron chi connectivity index (χ0n) is 9.82. The third-order valence-corrected chi connectivity index (χ3v) is 3.08. The van der Waals surface area contributed by atoms with Crippen LogP contribution in [0.25, 0.3) is 0 Å². The fourth-order valence-electron chi connectivity index (χ4n) is 2.15. The molecule has 0 aromatic heterocycles. The molecule has 2 rings (SSSR count). The van der Waals surface area contributed by atoms with E-state index in [9.17, 15) is 0 Å². The molecule has 0 radical (unpaired) electrons. The molecule has 1 heterocycles. The molecule has 0 saturated carbocycles. The lowest BCUT2D eigenvalue weighted by atomic mass is 10.1. The second-order valence-electron chi connectivity index (χ2n) is 4.46. The van der Waals surface area contributed by atoms with Gasteiger partial charge in [-0.3, -0.25) is 0 Å². The molecule has 0 bridgehead atoms. The Hall–Kier alpha value is -0.860. The van der Waals surface area contributed by atoms with E-state index in [4.69, 9.17) is 4.74 Å². The van der Waals surface area contributed by atoms with Gasteiger partial charge in [-0.1, -0.05) is 30.3 Å². The van der Waals surface area contributed by atoms with Crippen LogP contribution in [0, 0.1) is 0 Å². The number of rotatable bonds is 6. The SMILES string of the molecule is c1ccc(CCCOCC2CCCN2)cc1. The van der Waals surface area contributed by atoms with E-state index in [0.29, 0.717) is 6.04 Å². The zero-order valence-corrected chi connectivity index (χ0v) is 9.82. The first-order valence-corrected chi connectivity index (χ1v) is 6.30. The van der Waals surface area contributed by atoms with Gasteiger partial charge in [-0.05, 0) is 37.8 Å². The highest BCUT2D eigenvalue weighted by atomic mass is 16.5. The van der Waals surface area contributed by atoms with Gasteiger partial charge in [0, 0.05) is 12.6 Å². The van der Waals surface area contributed by atoms with Crippen molar-refractivity contribution in [2.45, 2.75) is 31.7 Å². The van der Waals surface area contributed by atoms with Gasteiger partial charge in [0.1, 0.15) is 0 Å². The number of nitrogens with one attached hydrogen (secondary N) is 1. The Morgan fingerprint density at radius 2 is 2.12 bits per heavy atom. The average molecular weight is 219 g/mol. The maximum atomic E-state index is 5.68. The van der Waals surface area contributed by atoms with E-state index in [1.807, 2.05) is 0 Å². The third kappa shape index (κ3) is 3.95. The van der Waals surface area contributed by atoms with Crippen molar-refractivity contribution < 1.29 is 4.74 Å². The van der Waals surface area contributed by atoms with Gasteiger partial charge in [0.05, 0.1) is 6.61 Å². The molecule has 1 unspecified atom stereocenters. The van der Waals surface area contributed by atoms with Crippen molar-refractivity contribution >= 4 is 0 Å². The van der Waals surface area contributed by atoms with Gasteiger partial charge in [-0.25, -0.2) is 0 Å². The van der Waals surface area contributed by atoms with Crippen molar-refractivity contribution in [2.24, 2.45) is 0 Å². The van der Waals surface area contributed by atoms with Crippen molar-refractivity contribution in [3.8, 4) is 0 Å². The topological polar surface area (TPSA) is 21.3 Å². The number of hydrogen-bond donors (Lipinski definition) is 1. The first kappa shape index (κ1) is 11.6. The smallest absolute Gasteiger partial charge is 0.0619 e. The van der Waals surface area contributed by atoms with Crippen LogP contribution in [-0.4, -0.2) is 25.8 Å². The molecule has 1 aliphatic heterocycles. The summed E-state index contributed by atoms with van der Waals surface area (Å²) in [5, 5.41) is 3.44. The van der Waals surface area contributed by atoms with Crippen LogP contribution in [0.1, 0.15) is 24.8 Å². The van der Waals surface area contributed by atoms with Crippen molar-refractivity contribution in [1.82, 2.24) is 5.32 Å². The molecule has 1 aromatic carbocycles. The summed E-state index contributed by atoms with van der Waals surface area (Å²) >= 11 is 0. The van der Waals surface area contributed by atoms with Gasteiger partial charge in [-0.2, -0.15) is 0 Å². The zero-order chi connectivity index (χ0) is 11.1. The molecule has 2 heteroatoms. The summed E-state index contributed by atoms with van der Waals surface area (Å²) in [6.45, 7) is 2.93. The number of aryl methyl sites for hydroxylation is 1. The maximum absolute atomic E-state index is 5.68. The summed E-state index contributed by atoms with van der Waals surface area (Å²) in [6.07, 6.45) is 4.83. The molecule has 88 valence electrons. The Bertz CT molecular complexity index is 280. The summed E-state index contributed by atoms with van der Waals surface area (Å²) in [5.74, 6) is 0. The van der Waals surface area contributed by atoms with E-state index in [1.54, 1.807) is 0 Å². The van der Waals surface area contributed by atoms with E-state index < -0.39 is 0 Å². The quantitative estimate of drug-likeness (QED) is 0.742. The molecule has 0 aliphatic carbocycles. The summed E-state index contributed by atoms with van der Waals surface area (Å²) < 4.78 is 5.68. The Balaban J connectivity index is 1.52. The van der Waals surface area contributed by atoms with Crippen LogP contribution in [0.15, 0.2) is 30.3 Å². The van der Waals surface area contributed by atoms with Crippen LogP contribution < -0.4 is 5.32 Å². The lowest BCUT2D eigenvalue weighted by molar-refractivity contribution is 0.114. The van der Waals surface area contributed by atoms with E-state index in [0.717, 1.165) is 32.6 Å². The van der Waals surface area contributed by atoms with Gasteiger partial charge in [0.15, 0.2) is 0 Å². The molecule has 0 spiro atoms. The predicted molar refractivity (Wildman–Crippen MR) is 66.6 cm³/mol. The van der Waals surface area contributed by atoms with Crippen LogP contribution in [0.4, 0.5) is 0 Å². The minimum atomic E-state index is 0.608. The van der Waals surface area contributed by atoms with Gasteiger partial charge in [0.25, 0.3) is 0 Å². The molecule has 1 atom stereocenters. The van der Waals surface area contributed by atoms with Gasteiger partial charge in [-0.15, -0.1) is 0 Å². The van der Waals surface area contributed by atoms with Crippen LogP contribution in [0.2, 0.25) is 0 Å². The highest BCUT2D eigenvalue weighted by Crippen LogP contribution is 2.06. The second kappa shape index (κ2) is 6.66. The van der Waals surface area contributed by atoms with Crippen LogP contribution in [0.3, 0.4) is 0 Å². The molecule has 0 amide bonds. The third-order valence-electron chi connectivity index (χ3n) is 3.08. The molecule has 16 heavy (non-hydrogen) atoms. The molecule has 1 fully saturated rings. The van der Waals surface area contributed by atoms with E-state index >= 15 is 0 Å². The van der Waals surface area contributed by atoms with Crippen LogP contribution >= 0.6 is 0 Å². The van der Waals surface area contributed by atoms with Gasteiger partial charge >= 0.3 is 0 Å². The maximum Gasteiger partial charge on any atom is 0.0619 e. The Morgan fingerprint density at radius 1 is 1.25 bits per heavy atom. The Kier molecular flexibility index (Phi) is 4.84. The summed E-state index contributed by atoms with van der Waals surface area (Å²) in [5.41, 5.74) is 1.41. The summed E-state index contributed by atoms with van der Waals surface area (Å²) in [6, 6.07) is 11.2. The molecule has 1 aliphatic rings. The Labute approximate surface area is 98.0 Å². The molecule has 1 saturated heterocycles. The number of ether oxygens (including phenoxy) is 1. The normalized spacial score (nSPS) is 20.1. The lowest BCUT2D eigenvalue weighted by Crippen LogP contribution is -2.26. The second-order valence-corrected chi connectivity index (χ2v) is 4.46. The van der Waals surface area contributed by atoms with Crippen molar-refractivity contribution in [3.63, 3.8) is 0 Å². The molecular formula is C14H21NO. The first-order chi connectivity index (χ1) is 7.95. The molecular weight excluding hydrogens is 198 g/mol. The van der Waals surface area contributed by atoms with Crippen molar-refractivity contribution in [1.29, 1.82) is 0 Å². The fraction of sp³-hybridized carbons (Fsp3) is 0.571. The van der Waals surface area contributed by atoms with Gasteiger partial charge < -0.3 is 10.1 Å². The average Bonchev–Trinajstić information content (AvgIpc) is 2.83. The van der Waals surface area contributed by atoms with Crippen molar-refractivity contribution in [3.05, 3.63) is 35.9 Å². The van der Waals surface area contributed by atoms with Crippen LogP contribution in [0.5, 0.6) is 0 Å². The highest BCUT2D eigenvalue weighted by molar-refractivity contribution is 5.14. The Morgan fingerprint density at radius 3 is 2.88 bits per heavy atom. The summed E-state index contributed by atoms with van der Waals surface area (Å²) in [4.78, 5) is 0. The van der Waals surface area contributed by atoms with Crippen molar-refractivity contribution in [2.75, 3.05) is 19.8 Å². The molecule has 1 aromatic rings. The molecule has 2 nitrogen and oxygen atoms in total. The van der Waals surface area contributed by atoms with Gasteiger partial charge in [0.2, 0.25) is 0 Å². The standard InChI is InChI=1S/C14H21NO/c1-2-6-13(7-3-1)8-5-11-16-12-14-9-4-10-15-14/h1-3,6-7,14-15H,4-5,8-12H2.